The molecule has 20 heavy (non-hydrogen) atoms. The van der Waals surface area contributed by atoms with Gasteiger partial charge in [0.05, 0.1) is 0 Å². The number of ether oxygens (including phenoxy) is 1. The summed E-state index contributed by atoms with van der Waals surface area (Å²) in [7, 11) is 0. The number of hydrogen-bond donors (Lipinski definition) is 1. The highest BCUT2D eigenvalue weighted by Crippen LogP contribution is 2.17. The molecule has 0 radical (unpaired) electrons. The van der Waals surface area contributed by atoms with Gasteiger partial charge in [0.15, 0.2) is 0 Å². The summed E-state index contributed by atoms with van der Waals surface area (Å²) in [5.74, 6) is 1.61. The van der Waals surface area contributed by atoms with Gasteiger partial charge in [0.1, 0.15) is 12.4 Å². The lowest BCUT2D eigenvalue weighted by Gasteiger charge is -2.31. The Morgan fingerprint density at radius 3 is 2.30 bits per heavy atom. The second-order valence-corrected chi connectivity index (χ2v) is 5.26. The summed E-state index contributed by atoms with van der Waals surface area (Å²) in [6.45, 7) is 4.83. The summed E-state index contributed by atoms with van der Waals surface area (Å²) in [6.07, 6.45) is 2.44. The standard InChI is InChI=1S/C14H21ClN2O.2ClH/c15-13-1-3-14(4-2-13)18-10-9-17-7-5-12(11-16)6-8-17;;/h1-4,12H,5-11,16H2;2*1H. The number of halogens is 3. The summed E-state index contributed by atoms with van der Waals surface area (Å²) >= 11 is 5.82. The molecule has 116 valence electrons. The Balaban J connectivity index is 0.00000180. The molecule has 1 aliphatic heterocycles. The zero-order chi connectivity index (χ0) is 12.8. The van der Waals surface area contributed by atoms with Crippen LogP contribution >= 0.6 is 36.4 Å². The summed E-state index contributed by atoms with van der Waals surface area (Å²) < 4.78 is 5.69. The van der Waals surface area contributed by atoms with Crippen molar-refractivity contribution in [3.63, 3.8) is 0 Å². The van der Waals surface area contributed by atoms with Crippen LogP contribution in [0.5, 0.6) is 5.75 Å². The number of benzene rings is 1. The molecule has 1 aliphatic rings. The summed E-state index contributed by atoms with van der Waals surface area (Å²) in [5, 5.41) is 0.742. The van der Waals surface area contributed by atoms with Gasteiger partial charge >= 0.3 is 0 Å². The zero-order valence-corrected chi connectivity index (χ0v) is 13.9. The topological polar surface area (TPSA) is 38.5 Å². The van der Waals surface area contributed by atoms with Crippen LogP contribution < -0.4 is 10.5 Å². The second kappa shape index (κ2) is 10.5. The van der Waals surface area contributed by atoms with Gasteiger partial charge in [-0.2, -0.15) is 0 Å². The van der Waals surface area contributed by atoms with Gasteiger partial charge in [-0.15, -0.1) is 24.8 Å². The lowest BCUT2D eigenvalue weighted by atomic mass is 9.97. The average Bonchev–Trinajstić information content (AvgIpc) is 2.42. The van der Waals surface area contributed by atoms with Crippen molar-refractivity contribution in [1.82, 2.24) is 4.90 Å². The second-order valence-electron chi connectivity index (χ2n) is 4.82. The van der Waals surface area contributed by atoms with Crippen LogP contribution in [0.3, 0.4) is 0 Å². The molecule has 1 aromatic rings. The van der Waals surface area contributed by atoms with E-state index in [1.807, 2.05) is 24.3 Å². The zero-order valence-electron chi connectivity index (χ0n) is 11.5. The van der Waals surface area contributed by atoms with E-state index in [2.05, 4.69) is 4.90 Å². The van der Waals surface area contributed by atoms with Gasteiger partial charge in [0.2, 0.25) is 0 Å². The van der Waals surface area contributed by atoms with E-state index in [0.29, 0.717) is 0 Å². The van der Waals surface area contributed by atoms with Crippen LogP contribution in [0.15, 0.2) is 24.3 Å². The highest BCUT2D eigenvalue weighted by molar-refractivity contribution is 6.30. The van der Waals surface area contributed by atoms with E-state index < -0.39 is 0 Å². The predicted octanol–water partition coefficient (Wildman–Crippen LogP) is 3.23. The molecule has 6 heteroatoms. The monoisotopic (exact) mass is 340 g/mol. The molecule has 0 amide bonds. The number of hydrogen-bond acceptors (Lipinski definition) is 3. The first-order chi connectivity index (χ1) is 8.78. The van der Waals surface area contributed by atoms with Crippen LogP contribution in [0.1, 0.15) is 12.8 Å². The van der Waals surface area contributed by atoms with Gasteiger partial charge in [-0.1, -0.05) is 11.6 Å². The fourth-order valence-corrected chi connectivity index (χ4v) is 2.40. The number of rotatable bonds is 5. The van der Waals surface area contributed by atoms with Crippen LogP contribution in [0.2, 0.25) is 5.02 Å². The van der Waals surface area contributed by atoms with E-state index >= 15 is 0 Å². The van der Waals surface area contributed by atoms with Crippen molar-refractivity contribution in [2.24, 2.45) is 11.7 Å². The molecule has 0 aliphatic carbocycles. The lowest BCUT2D eigenvalue weighted by Crippen LogP contribution is -2.38. The minimum Gasteiger partial charge on any atom is -0.492 e. The van der Waals surface area contributed by atoms with Crippen molar-refractivity contribution >= 4 is 36.4 Å². The van der Waals surface area contributed by atoms with Gasteiger partial charge < -0.3 is 10.5 Å². The van der Waals surface area contributed by atoms with Crippen molar-refractivity contribution < 1.29 is 4.74 Å². The fraction of sp³-hybridized carbons (Fsp3) is 0.571. The van der Waals surface area contributed by atoms with Crippen molar-refractivity contribution in [3.05, 3.63) is 29.3 Å². The predicted molar refractivity (Wildman–Crippen MR) is 89.7 cm³/mol. The molecule has 2 N–H and O–H groups in total. The Bertz CT molecular complexity index is 354. The van der Waals surface area contributed by atoms with Crippen LogP contribution in [0.4, 0.5) is 0 Å². The highest BCUT2D eigenvalue weighted by atomic mass is 35.5. The molecule has 0 spiro atoms. The normalized spacial score (nSPS) is 16.1. The molecule has 1 aromatic carbocycles. The third-order valence-corrected chi connectivity index (χ3v) is 3.78. The van der Waals surface area contributed by atoms with Crippen LogP contribution in [-0.2, 0) is 0 Å². The van der Waals surface area contributed by atoms with Gasteiger partial charge in [-0.25, -0.2) is 0 Å². The molecule has 1 heterocycles. The summed E-state index contributed by atoms with van der Waals surface area (Å²) in [6, 6.07) is 7.51. The van der Waals surface area contributed by atoms with E-state index in [1.54, 1.807) is 0 Å². The molecule has 3 nitrogen and oxygen atoms in total. The maximum Gasteiger partial charge on any atom is 0.119 e. The Morgan fingerprint density at radius 2 is 1.75 bits per heavy atom. The quantitative estimate of drug-likeness (QED) is 0.893. The molecular formula is C14H23Cl3N2O. The lowest BCUT2D eigenvalue weighted by molar-refractivity contribution is 0.157. The largest absolute Gasteiger partial charge is 0.492 e. The van der Waals surface area contributed by atoms with Crippen LogP contribution in [-0.4, -0.2) is 37.7 Å². The van der Waals surface area contributed by atoms with Gasteiger partial charge in [0.25, 0.3) is 0 Å². The molecular weight excluding hydrogens is 319 g/mol. The number of piperidine rings is 1. The Morgan fingerprint density at radius 1 is 1.15 bits per heavy atom. The molecule has 1 fully saturated rings. The molecule has 0 aromatic heterocycles. The first kappa shape index (κ1) is 19.8. The van der Waals surface area contributed by atoms with E-state index in [1.165, 1.54) is 12.8 Å². The van der Waals surface area contributed by atoms with E-state index in [4.69, 9.17) is 22.1 Å². The molecule has 2 rings (SSSR count). The Kier molecular flexibility index (Phi) is 10.4. The maximum absolute atomic E-state index is 5.82. The Hall–Kier alpha value is -0.190. The maximum atomic E-state index is 5.82. The van der Waals surface area contributed by atoms with E-state index in [-0.39, 0.29) is 24.8 Å². The van der Waals surface area contributed by atoms with Crippen molar-refractivity contribution in [1.29, 1.82) is 0 Å². The molecule has 1 saturated heterocycles. The molecule has 0 bridgehead atoms. The molecule has 0 unspecified atom stereocenters. The SMILES string of the molecule is Cl.Cl.NCC1CCN(CCOc2ccc(Cl)cc2)CC1. The summed E-state index contributed by atoms with van der Waals surface area (Å²) in [4.78, 5) is 2.45. The first-order valence-electron chi connectivity index (χ1n) is 6.58. The number of nitrogens with zero attached hydrogens (tertiary/aromatic N) is 1. The number of likely N-dealkylation sites (tertiary alicyclic amines) is 1. The smallest absolute Gasteiger partial charge is 0.119 e. The third kappa shape index (κ3) is 6.51. The molecule has 0 saturated carbocycles. The van der Waals surface area contributed by atoms with Gasteiger partial charge in [0, 0.05) is 11.6 Å². The van der Waals surface area contributed by atoms with Crippen LogP contribution in [0, 0.1) is 5.92 Å². The Labute approximate surface area is 138 Å². The highest BCUT2D eigenvalue weighted by Gasteiger charge is 2.17. The number of nitrogens with two attached hydrogens (primary N) is 1. The first-order valence-corrected chi connectivity index (χ1v) is 6.96. The van der Waals surface area contributed by atoms with Crippen LogP contribution in [0.25, 0.3) is 0 Å². The van der Waals surface area contributed by atoms with Crippen molar-refractivity contribution in [3.8, 4) is 5.75 Å². The van der Waals surface area contributed by atoms with Crippen molar-refractivity contribution in [2.75, 3.05) is 32.8 Å². The van der Waals surface area contributed by atoms with Gasteiger partial charge in [-0.05, 0) is 62.7 Å². The third-order valence-electron chi connectivity index (χ3n) is 3.53. The average molecular weight is 342 g/mol. The van der Waals surface area contributed by atoms with Gasteiger partial charge in [-0.3, -0.25) is 4.90 Å². The van der Waals surface area contributed by atoms with E-state index in [0.717, 1.165) is 49.5 Å². The summed E-state index contributed by atoms with van der Waals surface area (Å²) in [5.41, 5.74) is 5.68. The minimum atomic E-state index is 0. The fourth-order valence-electron chi connectivity index (χ4n) is 2.27. The molecule has 0 atom stereocenters. The van der Waals surface area contributed by atoms with E-state index in [9.17, 15) is 0 Å². The van der Waals surface area contributed by atoms with Crippen molar-refractivity contribution in [2.45, 2.75) is 12.8 Å². The minimum absolute atomic E-state index is 0.